The van der Waals surface area contributed by atoms with Crippen molar-refractivity contribution in [1.29, 1.82) is 0 Å². The molecular formula is C32H30ClFN8O3. The monoisotopic (exact) mass is 628 g/mol. The summed E-state index contributed by atoms with van der Waals surface area (Å²) in [7, 11) is 0. The maximum atomic E-state index is 14.7. The van der Waals surface area contributed by atoms with Gasteiger partial charge >= 0.3 is 0 Å². The standard InChI is InChI=1S/C32H30ClFN8O3/c1-17-6-4-8-24(36-32(44)30-18(2)42(41-40-30)27-9-5-7-23(33)29(27)34)26-16-21(12-13-35-26)22-11-10-20(14-25(22)37-31(17)43)15-28-39-38-19(3)45-28/h5,7,9-14,16-17,24H,4,6,8,15H2,1-3H3,(H,36,44)(H,37,43)/t17-,24+/m1/s1. The van der Waals surface area contributed by atoms with E-state index in [1.807, 2.05) is 37.3 Å². The molecule has 2 amide bonds. The highest BCUT2D eigenvalue weighted by atomic mass is 35.5. The van der Waals surface area contributed by atoms with Crippen molar-refractivity contribution in [2.75, 3.05) is 5.32 Å². The molecule has 2 atom stereocenters. The van der Waals surface area contributed by atoms with Crippen molar-refractivity contribution in [3.8, 4) is 16.8 Å². The lowest BCUT2D eigenvalue weighted by Gasteiger charge is -2.22. The molecule has 11 nitrogen and oxygen atoms in total. The van der Waals surface area contributed by atoms with Crippen LogP contribution in [0.25, 0.3) is 16.8 Å². The minimum absolute atomic E-state index is 0.0544. The molecule has 0 spiro atoms. The fourth-order valence-corrected chi connectivity index (χ4v) is 5.58. The van der Waals surface area contributed by atoms with E-state index in [2.05, 4.69) is 36.1 Å². The van der Waals surface area contributed by atoms with Gasteiger partial charge in [0.2, 0.25) is 17.7 Å². The van der Waals surface area contributed by atoms with Gasteiger partial charge in [-0.25, -0.2) is 9.07 Å². The van der Waals surface area contributed by atoms with Crippen LogP contribution in [0.4, 0.5) is 10.1 Å². The highest BCUT2D eigenvalue weighted by molar-refractivity contribution is 6.30. The molecule has 1 aliphatic heterocycles. The van der Waals surface area contributed by atoms with E-state index in [1.165, 1.54) is 16.8 Å². The Kier molecular flexibility index (Phi) is 8.40. The van der Waals surface area contributed by atoms with Gasteiger partial charge < -0.3 is 15.1 Å². The van der Waals surface area contributed by atoms with Crippen LogP contribution in [-0.2, 0) is 11.2 Å². The number of halogens is 2. The largest absolute Gasteiger partial charge is 0.425 e. The van der Waals surface area contributed by atoms with Crippen LogP contribution in [0, 0.1) is 25.6 Å². The van der Waals surface area contributed by atoms with Gasteiger partial charge in [0.15, 0.2) is 11.5 Å². The van der Waals surface area contributed by atoms with Crippen LogP contribution in [0.15, 0.2) is 59.1 Å². The van der Waals surface area contributed by atoms with Crippen LogP contribution in [0.5, 0.6) is 0 Å². The molecule has 4 heterocycles. The van der Waals surface area contributed by atoms with E-state index in [9.17, 15) is 14.0 Å². The number of nitrogens with one attached hydrogen (secondary N) is 2. The second-order valence-electron chi connectivity index (χ2n) is 11.1. The van der Waals surface area contributed by atoms with E-state index in [-0.39, 0.29) is 28.2 Å². The summed E-state index contributed by atoms with van der Waals surface area (Å²) in [6.45, 7) is 5.26. The number of aromatic nitrogens is 6. The maximum Gasteiger partial charge on any atom is 0.274 e. The summed E-state index contributed by atoms with van der Waals surface area (Å²) in [5, 5.41) is 22.2. The molecule has 0 unspecified atom stereocenters. The fourth-order valence-electron chi connectivity index (χ4n) is 5.41. The molecule has 5 aromatic rings. The third kappa shape index (κ3) is 6.32. The molecule has 0 saturated heterocycles. The lowest BCUT2D eigenvalue weighted by Crippen LogP contribution is -2.30. The summed E-state index contributed by atoms with van der Waals surface area (Å²) in [4.78, 5) is 31.4. The highest BCUT2D eigenvalue weighted by Crippen LogP contribution is 2.33. The SMILES string of the molecule is Cc1nnc(Cc2ccc3c(c2)NC(=O)[C@H](C)CCC[C@H](NC(=O)c2nnn(-c4cccc(Cl)c4F)c2C)c2cc-3ccn2)o1. The lowest BCUT2D eigenvalue weighted by molar-refractivity contribution is -0.119. The van der Waals surface area contributed by atoms with Crippen LogP contribution >= 0.6 is 11.6 Å². The first-order chi connectivity index (χ1) is 21.7. The van der Waals surface area contributed by atoms with Crippen molar-refractivity contribution in [2.24, 2.45) is 5.92 Å². The topological polar surface area (TPSA) is 141 Å². The third-order valence-corrected chi connectivity index (χ3v) is 8.16. The lowest BCUT2D eigenvalue weighted by atomic mass is 9.94. The van der Waals surface area contributed by atoms with E-state index in [4.69, 9.17) is 16.0 Å². The van der Waals surface area contributed by atoms with Crippen LogP contribution in [0.3, 0.4) is 0 Å². The van der Waals surface area contributed by atoms with Gasteiger partial charge in [0.05, 0.1) is 28.9 Å². The van der Waals surface area contributed by atoms with Crippen LogP contribution in [-0.4, -0.2) is 42.0 Å². The van der Waals surface area contributed by atoms with Gasteiger partial charge in [-0.15, -0.1) is 15.3 Å². The van der Waals surface area contributed by atoms with Crippen LogP contribution < -0.4 is 10.6 Å². The number of nitrogens with zero attached hydrogens (tertiary/aromatic N) is 6. The molecule has 2 bridgehead atoms. The minimum Gasteiger partial charge on any atom is -0.425 e. The Balaban J connectivity index is 1.32. The van der Waals surface area contributed by atoms with E-state index in [0.717, 1.165) is 16.7 Å². The van der Waals surface area contributed by atoms with E-state index < -0.39 is 17.8 Å². The quantitative estimate of drug-likeness (QED) is 0.244. The third-order valence-electron chi connectivity index (χ3n) is 7.87. The maximum absolute atomic E-state index is 14.7. The number of benzene rings is 2. The molecule has 45 heavy (non-hydrogen) atoms. The number of hydrogen-bond acceptors (Lipinski definition) is 8. The fraction of sp³-hybridized carbons (Fsp3) is 0.281. The number of rotatable bonds is 5. The Hall–Kier alpha value is -4.97. The van der Waals surface area contributed by atoms with Gasteiger partial charge in [-0.05, 0) is 61.2 Å². The zero-order chi connectivity index (χ0) is 31.7. The first kappa shape index (κ1) is 30.1. The number of carbonyl (C=O) groups is 2. The van der Waals surface area contributed by atoms with Gasteiger partial charge in [0, 0.05) is 30.3 Å². The average molecular weight is 629 g/mol. The normalized spacial score (nSPS) is 16.7. The van der Waals surface area contributed by atoms with Crippen molar-refractivity contribution in [2.45, 2.75) is 52.5 Å². The van der Waals surface area contributed by atoms with Crippen molar-refractivity contribution >= 4 is 29.1 Å². The Morgan fingerprint density at radius 2 is 1.98 bits per heavy atom. The van der Waals surface area contributed by atoms with Gasteiger partial charge in [0.25, 0.3) is 5.91 Å². The van der Waals surface area contributed by atoms with E-state index in [0.29, 0.717) is 54.5 Å². The summed E-state index contributed by atoms with van der Waals surface area (Å²) >= 11 is 5.96. The van der Waals surface area contributed by atoms with E-state index in [1.54, 1.807) is 26.1 Å². The second-order valence-corrected chi connectivity index (χ2v) is 11.5. The smallest absolute Gasteiger partial charge is 0.274 e. The molecular weight excluding hydrogens is 599 g/mol. The molecule has 6 rings (SSSR count). The number of fused-ring (bicyclic) bond motifs is 4. The number of aryl methyl sites for hydroxylation is 1. The van der Waals surface area contributed by atoms with Crippen molar-refractivity contribution < 1.29 is 18.4 Å². The van der Waals surface area contributed by atoms with Crippen molar-refractivity contribution in [3.05, 3.63) is 100.0 Å². The summed E-state index contributed by atoms with van der Waals surface area (Å²) in [5.74, 6) is -0.542. The number of carbonyl (C=O) groups excluding carboxylic acids is 2. The summed E-state index contributed by atoms with van der Waals surface area (Å²) in [5.41, 5.74) is 4.33. The van der Waals surface area contributed by atoms with Gasteiger partial charge in [-0.2, -0.15) is 0 Å². The van der Waals surface area contributed by atoms with Gasteiger partial charge in [-0.1, -0.05) is 48.4 Å². The van der Waals surface area contributed by atoms with Crippen LogP contribution in [0.1, 0.15) is 71.4 Å². The molecule has 0 radical (unpaired) electrons. The van der Waals surface area contributed by atoms with Crippen molar-refractivity contribution in [3.63, 3.8) is 0 Å². The molecule has 0 saturated carbocycles. The molecule has 13 heteroatoms. The number of anilines is 1. The molecule has 3 aromatic heterocycles. The number of amides is 2. The van der Waals surface area contributed by atoms with Gasteiger partial charge in [0.1, 0.15) is 5.69 Å². The Bertz CT molecular complexity index is 1910. The molecule has 230 valence electrons. The summed E-state index contributed by atoms with van der Waals surface area (Å²) < 4.78 is 21.5. The Labute approximate surface area is 263 Å². The zero-order valence-electron chi connectivity index (χ0n) is 24.8. The summed E-state index contributed by atoms with van der Waals surface area (Å²) in [6, 6.07) is 13.6. The Morgan fingerprint density at radius 1 is 1.13 bits per heavy atom. The van der Waals surface area contributed by atoms with Crippen molar-refractivity contribution in [1.82, 2.24) is 35.5 Å². The molecule has 2 aromatic carbocycles. The molecule has 1 aliphatic rings. The predicted octanol–water partition coefficient (Wildman–Crippen LogP) is 5.94. The number of hydrogen-bond donors (Lipinski definition) is 2. The zero-order valence-corrected chi connectivity index (χ0v) is 25.6. The Morgan fingerprint density at radius 3 is 2.78 bits per heavy atom. The second kappa shape index (κ2) is 12.6. The first-order valence-corrected chi connectivity index (χ1v) is 14.9. The van der Waals surface area contributed by atoms with Crippen LogP contribution in [0.2, 0.25) is 5.02 Å². The predicted molar refractivity (Wildman–Crippen MR) is 164 cm³/mol. The molecule has 0 fully saturated rings. The average Bonchev–Trinajstić information content (AvgIpc) is 3.62. The van der Waals surface area contributed by atoms with E-state index >= 15 is 0 Å². The molecule has 0 aliphatic carbocycles. The molecule has 2 N–H and O–H groups in total. The summed E-state index contributed by atoms with van der Waals surface area (Å²) in [6.07, 6.45) is 3.88. The highest BCUT2D eigenvalue weighted by Gasteiger charge is 2.25. The van der Waals surface area contributed by atoms with Gasteiger partial charge in [-0.3, -0.25) is 14.6 Å². The number of pyridine rings is 1. The first-order valence-electron chi connectivity index (χ1n) is 14.5. The minimum atomic E-state index is -0.658.